The summed E-state index contributed by atoms with van der Waals surface area (Å²) >= 11 is 0. The van der Waals surface area contributed by atoms with Gasteiger partial charge in [0.05, 0.1) is 5.69 Å². The second-order valence-electron chi connectivity index (χ2n) is 9.24. The Morgan fingerprint density at radius 3 is 1.31 bits per heavy atom. The number of aromatic nitrogens is 3. The van der Waals surface area contributed by atoms with Crippen molar-refractivity contribution in [2.24, 2.45) is 0 Å². The van der Waals surface area contributed by atoms with Crippen LogP contribution in [0, 0.1) is 0 Å². The summed E-state index contributed by atoms with van der Waals surface area (Å²) in [5, 5.41) is 4.92. The third kappa shape index (κ3) is 5.84. The number of nitrogens with zero attached hydrogens (tertiary/aromatic N) is 3. The van der Waals surface area contributed by atoms with Crippen molar-refractivity contribution in [1.82, 2.24) is 14.8 Å². The molecule has 0 atom stereocenters. The first kappa shape index (κ1) is 24.1. The predicted octanol–water partition coefficient (Wildman–Crippen LogP) is 8.94. The summed E-state index contributed by atoms with van der Waals surface area (Å²) in [6.45, 7) is 0. The van der Waals surface area contributed by atoms with E-state index >= 15 is 0 Å². The van der Waals surface area contributed by atoms with Gasteiger partial charge in [0.15, 0.2) is 11.6 Å². The van der Waals surface area contributed by atoms with Crippen molar-refractivity contribution < 1.29 is 0 Å². The molecule has 0 N–H and O–H groups in total. The van der Waals surface area contributed by atoms with Gasteiger partial charge in [-0.1, -0.05) is 152 Å². The van der Waals surface area contributed by atoms with Crippen LogP contribution in [0.3, 0.4) is 0 Å². The van der Waals surface area contributed by atoms with Crippen LogP contribution in [0.2, 0.25) is 0 Å². The zero-order valence-electron chi connectivity index (χ0n) is 21.4. The fraction of sp³-hybridized carbons (Fsp3) is 0. The normalized spacial score (nSPS) is 11.4. The molecule has 0 unspecified atom stereocenters. The minimum absolute atomic E-state index is 0.695. The van der Waals surface area contributed by atoms with E-state index in [1.165, 1.54) is 11.1 Å². The summed E-state index contributed by atoms with van der Waals surface area (Å²) in [6, 6.07) is 47.6. The molecule has 0 saturated heterocycles. The largest absolute Gasteiger partial charge is 0.213 e. The van der Waals surface area contributed by atoms with E-state index in [4.69, 9.17) is 10.1 Å². The van der Waals surface area contributed by atoms with Gasteiger partial charge in [0, 0.05) is 11.1 Å². The Kier molecular flexibility index (Phi) is 7.04. The summed E-state index contributed by atoms with van der Waals surface area (Å²) in [5.74, 6) is 1.50. The van der Waals surface area contributed by atoms with Crippen molar-refractivity contribution in [3.8, 4) is 28.5 Å². The average Bonchev–Trinajstić information content (AvgIpc) is 3.47. The van der Waals surface area contributed by atoms with Crippen LogP contribution in [-0.2, 0) is 0 Å². The van der Waals surface area contributed by atoms with E-state index in [0.29, 0.717) is 5.82 Å². The zero-order valence-corrected chi connectivity index (χ0v) is 21.4. The Hall–Kier alpha value is -5.28. The lowest BCUT2D eigenvalue weighted by atomic mass is 10.1. The highest BCUT2D eigenvalue weighted by atomic mass is 15.4. The van der Waals surface area contributed by atoms with Gasteiger partial charge >= 0.3 is 0 Å². The van der Waals surface area contributed by atoms with Crippen LogP contribution < -0.4 is 0 Å². The number of hydrogen-bond acceptors (Lipinski definition) is 2. The molecule has 3 heteroatoms. The van der Waals surface area contributed by atoms with Gasteiger partial charge in [-0.05, 0) is 34.4 Å². The molecule has 5 aromatic carbocycles. The quantitative estimate of drug-likeness (QED) is 0.204. The molecule has 6 aromatic rings. The van der Waals surface area contributed by atoms with Crippen molar-refractivity contribution in [1.29, 1.82) is 0 Å². The van der Waals surface area contributed by atoms with Crippen molar-refractivity contribution in [2.75, 3.05) is 0 Å². The molecule has 0 amide bonds. The third-order valence-electron chi connectivity index (χ3n) is 6.48. The van der Waals surface area contributed by atoms with E-state index in [9.17, 15) is 0 Å². The molecule has 39 heavy (non-hydrogen) atoms. The number of rotatable bonds is 7. The molecule has 3 nitrogen and oxygen atoms in total. The molecule has 0 bridgehead atoms. The topological polar surface area (TPSA) is 30.7 Å². The molecule has 186 valence electrons. The highest BCUT2D eigenvalue weighted by molar-refractivity contribution is 5.73. The Bertz CT molecular complexity index is 1700. The molecule has 0 fully saturated rings. The summed E-state index contributed by atoms with van der Waals surface area (Å²) in [4.78, 5) is 4.99. The standard InChI is InChI=1S/C36H27N3/c1-4-10-28(11-5-1)16-18-30-20-24-32(25-21-30)35-37-36(39(38-35)34-14-8-3-9-15-34)33-26-22-31(23-27-33)19-17-29-12-6-2-7-13-29/h1-27H/b18-16+,19-17+. The van der Waals surface area contributed by atoms with E-state index in [1.54, 1.807) is 0 Å². The van der Waals surface area contributed by atoms with Crippen molar-refractivity contribution in [3.05, 3.63) is 162 Å². The van der Waals surface area contributed by atoms with Crippen molar-refractivity contribution in [2.45, 2.75) is 0 Å². The SMILES string of the molecule is C(=C\c1ccc(-c2nc(-c3ccc(/C=C/c4ccccc4)cc3)n(-c3ccccc3)n2)cc1)/c1ccccc1. The van der Waals surface area contributed by atoms with Crippen LogP contribution in [0.1, 0.15) is 22.3 Å². The monoisotopic (exact) mass is 501 g/mol. The van der Waals surface area contributed by atoms with Gasteiger partial charge in [0.2, 0.25) is 0 Å². The van der Waals surface area contributed by atoms with Gasteiger partial charge in [0.1, 0.15) is 0 Å². The van der Waals surface area contributed by atoms with Gasteiger partial charge < -0.3 is 0 Å². The summed E-state index contributed by atoms with van der Waals surface area (Å²) in [7, 11) is 0. The summed E-state index contributed by atoms with van der Waals surface area (Å²) in [5.41, 5.74) is 7.58. The van der Waals surface area contributed by atoms with Gasteiger partial charge in [0.25, 0.3) is 0 Å². The van der Waals surface area contributed by atoms with Gasteiger partial charge in [-0.2, -0.15) is 0 Å². The Balaban J connectivity index is 1.29. The average molecular weight is 502 g/mol. The Morgan fingerprint density at radius 1 is 0.410 bits per heavy atom. The maximum Gasteiger partial charge on any atom is 0.182 e. The maximum atomic E-state index is 4.99. The Morgan fingerprint density at radius 2 is 0.821 bits per heavy atom. The smallest absolute Gasteiger partial charge is 0.182 e. The van der Waals surface area contributed by atoms with E-state index in [-0.39, 0.29) is 0 Å². The lowest BCUT2D eigenvalue weighted by Gasteiger charge is -2.06. The van der Waals surface area contributed by atoms with E-state index in [0.717, 1.165) is 33.8 Å². The molecule has 6 rings (SSSR count). The molecule has 1 heterocycles. The second-order valence-corrected chi connectivity index (χ2v) is 9.24. The molecular formula is C36H27N3. The van der Waals surface area contributed by atoms with Crippen molar-refractivity contribution >= 4 is 24.3 Å². The molecular weight excluding hydrogens is 474 g/mol. The summed E-state index contributed by atoms with van der Waals surface area (Å²) < 4.78 is 1.92. The molecule has 0 aliphatic carbocycles. The second kappa shape index (κ2) is 11.4. The summed E-state index contributed by atoms with van der Waals surface area (Å²) in [6.07, 6.45) is 8.49. The van der Waals surface area contributed by atoms with E-state index < -0.39 is 0 Å². The van der Waals surface area contributed by atoms with E-state index in [1.807, 2.05) is 59.3 Å². The van der Waals surface area contributed by atoms with Crippen LogP contribution in [0.4, 0.5) is 0 Å². The van der Waals surface area contributed by atoms with E-state index in [2.05, 4.69) is 109 Å². The lowest BCUT2D eigenvalue weighted by molar-refractivity contribution is 0.890. The highest BCUT2D eigenvalue weighted by Crippen LogP contribution is 2.26. The van der Waals surface area contributed by atoms with Crippen molar-refractivity contribution in [3.63, 3.8) is 0 Å². The molecule has 0 radical (unpaired) electrons. The highest BCUT2D eigenvalue weighted by Gasteiger charge is 2.15. The van der Waals surface area contributed by atoms with Crippen LogP contribution in [0.15, 0.2) is 140 Å². The van der Waals surface area contributed by atoms with Gasteiger partial charge in [-0.25, -0.2) is 9.67 Å². The molecule has 0 aliphatic heterocycles. The first-order chi connectivity index (χ1) is 19.3. The van der Waals surface area contributed by atoms with Gasteiger partial charge in [-0.3, -0.25) is 0 Å². The predicted molar refractivity (Wildman–Crippen MR) is 163 cm³/mol. The molecule has 0 spiro atoms. The molecule has 0 saturated carbocycles. The fourth-order valence-electron chi connectivity index (χ4n) is 4.37. The first-order valence-corrected chi connectivity index (χ1v) is 13.0. The number of para-hydroxylation sites is 1. The first-order valence-electron chi connectivity index (χ1n) is 13.0. The lowest BCUT2D eigenvalue weighted by Crippen LogP contribution is -1.99. The van der Waals surface area contributed by atoms with Crippen LogP contribution in [0.25, 0.3) is 52.8 Å². The van der Waals surface area contributed by atoms with Crippen LogP contribution in [0.5, 0.6) is 0 Å². The zero-order chi connectivity index (χ0) is 26.3. The van der Waals surface area contributed by atoms with Crippen LogP contribution in [-0.4, -0.2) is 14.8 Å². The minimum Gasteiger partial charge on any atom is -0.213 e. The fourth-order valence-corrected chi connectivity index (χ4v) is 4.37. The number of hydrogen-bond donors (Lipinski definition) is 0. The van der Waals surface area contributed by atoms with Crippen LogP contribution >= 0.6 is 0 Å². The van der Waals surface area contributed by atoms with Gasteiger partial charge in [-0.15, -0.1) is 5.10 Å². The third-order valence-corrected chi connectivity index (χ3v) is 6.48. The number of benzene rings is 5. The minimum atomic E-state index is 0.695. The molecule has 1 aromatic heterocycles. The Labute approximate surface area is 229 Å². The maximum absolute atomic E-state index is 4.99. The molecule has 0 aliphatic rings.